The molecule has 152 valence electrons. The lowest BCUT2D eigenvalue weighted by Gasteiger charge is -2.12. The van der Waals surface area contributed by atoms with E-state index in [1.807, 2.05) is 43.3 Å². The fraction of sp³-hybridized carbons (Fsp3) is 0.0833. The minimum Gasteiger partial charge on any atom is -0.399 e. The summed E-state index contributed by atoms with van der Waals surface area (Å²) in [5, 5.41) is 5.59. The minimum atomic E-state index is -0.385. The van der Waals surface area contributed by atoms with Gasteiger partial charge in [0, 0.05) is 22.3 Å². The highest BCUT2D eigenvalue weighted by Crippen LogP contribution is 2.18. The van der Waals surface area contributed by atoms with E-state index in [-0.39, 0.29) is 17.5 Å². The van der Waals surface area contributed by atoms with E-state index in [1.165, 1.54) is 0 Å². The summed E-state index contributed by atoms with van der Waals surface area (Å²) in [5.74, 6) is -0.736. The predicted molar refractivity (Wildman–Crippen MR) is 123 cm³/mol. The van der Waals surface area contributed by atoms with Crippen LogP contribution in [0.3, 0.4) is 0 Å². The van der Waals surface area contributed by atoms with Crippen LogP contribution in [0.2, 0.25) is 0 Å². The van der Waals surface area contributed by atoms with Crippen LogP contribution >= 0.6 is 15.9 Å². The number of carbonyl (C=O) groups is 2. The number of hydrogen-bond donors (Lipinski definition) is 3. The summed E-state index contributed by atoms with van der Waals surface area (Å²) >= 11 is 3.44. The van der Waals surface area contributed by atoms with Crippen LogP contribution in [-0.2, 0) is 11.3 Å². The monoisotopic (exact) mass is 463 g/mol. The molecule has 0 aromatic heterocycles. The summed E-state index contributed by atoms with van der Waals surface area (Å²) in [7, 11) is 0. The maximum atomic E-state index is 12.9. The van der Waals surface area contributed by atoms with Crippen LogP contribution in [0.5, 0.6) is 0 Å². The molecule has 0 heterocycles. The molecule has 0 aliphatic heterocycles. The number of benzene rings is 3. The van der Waals surface area contributed by atoms with Crippen LogP contribution < -0.4 is 16.4 Å². The van der Waals surface area contributed by atoms with E-state index < -0.39 is 0 Å². The van der Waals surface area contributed by atoms with Crippen molar-refractivity contribution in [3.05, 3.63) is 105 Å². The maximum absolute atomic E-state index is 12.9. The quantitative estimate of drug-likeness (QED) is 0.373. The van der Waals surface area contributed by atoms with Gasteiger partial charge in [-0.3, -0.25) is 9.59 Å². The first-order valence-electron chi connectivity index (χ1n) is 9.39. The largest absolute Gasteiger partial charge is 0.399 e. The maximum Gasteiger partial charge on any atom is 0.268 e. The van der Waals surface area contributed by atoms with Gasteiger partial charge in [0.05, 0.1) is 0 Å². The first kappa shape index (κ1) is 21.3. The van der Waals surface area contributed by atoms with Gasteiger partial charge in [-0.15, -0.1) is 0 Å². The molecule has 3 aromatic rings. The van der Waals surface area contributed by atoms with Crippen LogP contribution in [0.25, 0.3) is 6.08 Å². The van der Waals surface area contributed by atoms with Crippen molar-refractivity contribution in [2.45, 2.75) is 13.5 Å². The molecule has 0 saturated carbocycles. The van der Waals surface area contributed by atoms with Gasteiger partial charge in [0.1, 0.15) is 5.70 Å². The summed E-state index contributed by atoms with van der Waals surface area (Å²) in [6.07, 6.45) is 1.68. The third kappa shape index (κ3) is 5.81. The summed E-state index contributed by atoms with van der Waals surface area (Å²) in [5.41, 5.74) is 9.74. The highest BCUT2D eigenvalue weighted by Gasteiger charge is 2.15. The molecule has 0 fully saturated rings. The van der Waals surface area contributed by atoms with Gasteiger partial charge in [0.25, 0.3) is 11.8 Å². The number of nitrogens with one attached hydrogen (secondary N) is 2. The Balaban J connectivity index is 1.85. The van der Waals surface area contributed by atoms with Crippen molar-refractivity contribution in [3.8, 4) is 0 Å². The zero-order valence-corrected chi connectivity index (χ0v) is 18.1. The van der Waals surface area contributed by atoms with Gasteiger partial charge in [0.15, 0.2) is 0 Å². The zero-order valence-electron chi connectivity index (χ0n) is 16.5. The van der Waals surface area contributed by atoms with Gasteiger partial charge < -0.3 is 16.4 Å². The second-order valence-electron chi connectivity index (χ2n) is 6.81. The number of anilines is 1. The van der Waals surface area contributed by atoms with Crippen LogP contribution in [0, 0.1) is 6.92 Å². The van der Waals surface area contributed by atoms with Crippen molar-refractivity contribution in [1.29, 1.82) is 0 Å². The lowest BCUT2D eigenvalue weighted by molar-refractivity contribution is -0.117. The second kappa shape index (κ2) is 9.89. The lowest BCUT2D eigenvalue weighted by Crippen LogP contribution is -2.34. The Morgan fingerprint density at radius 3 is 2.47 bits per heavy atom. The number of nitrogen functional groups attached to an aromatic ring is 1. The fourth-order valence-electron chi connectivity index (χ4n) is 2.88. The SMILES string of the molecule is Cc1cc(Br)ccc1C=C(NC(=O)c1ccccc1)C(=O)NCc1cccc(N)c1. The molecule has 0 atom stereocenters. The fourth-order valence-corrected chi connectivity index (χ4v) is 3.36. The van der Waals surface area contributed by atoms with Gasteiger partial charge in [-0.25, -0.2) is 0 Å². The first-order valence-corrected chi connectivity index (χ1v) is 10.2. The molecule has 0 radical (unpaired) electrons. The topological polar surface area (TPSA) is 84.2 Å². The molecule has 5 nitrogen and oxygen atoms in total. The number of carbonyl (C=O) groups excluding carboxylic acids is 2. The van der Waals surface area contributed by atoms with Crippen molar-refractivity contribution in [2.24, 2.45) is 0 Å². The van der Waals surface area contributed by atoms with E-state index in [4.69, 9.17) is 5.73 Å². The highest BCUT2D eigenvalue weighted by atomic mass is 79.9. The molecular formula is C24H22BrN3O2. The van der Waals surface area contributed by atoms with Crippen molar-refractivity contribution >= 4 is 39.5 Å². The number of hydrogen-bond acceptors (Lipinski definition) is 3. The first-order chi connectivity index (χ1) is 14.4. The third-order valence-corrected chi connectivity index (χ3v) is 4.96. The van der Waals surface area contributed by atoms with E-state index in [2.05, 4.69) is 26.6 Å². The Kier molecular flexibility index (Phi) is 7.03. The number of amides is 2. The van der Waals surface area contributed by atoms with E-state index >= 15 is 0 Å². The minimum absolute atomic E-state index is 0.165. The van der Waals surface area contributed by atoms with E-state index in [0.29, 0.717) is 17.8 Å². The Hall–Kier alpha value is -3.38. The molecule has 4 N–H and O–H groups in total. The Labute approximate surface area is 184 Å². The molecule has 0 spiro atoms. The molecule has 0 aliphatic carbocycles. The summed E-state index contributed by atoms with van der Waals surface area (Å²) in [6.45, 7) is 2.24. The van der Waals surface area contributed by atoms with Gasteiger partial charge in [-0.2, -0.15) is 0 Å². The van der Waals surface area contributed by atoms with Gasteiger partial charge in [-0.05, 0) is 66.1 Å². The predicted octanol–water partition coefficient (Wildman–Crippen LogP) is 4.43. The van der Waals surface area contributed by atoms with Crippen LogP contribution in [0.1, 0.15) is 27.0 Å². The highest BCUT2D eigenvalue weighted by molar-refractivity contribution is 9.10. The second-order valence-corrected chi connectivity index (χ2v) is 7.72. The Morgan fingerprint density at radius 2 is 1.77 bits per heavy atom. The Bertz CT molecular complexity index is 1090. The average Bonchev–Trinajstić information content (AvgIpc) is 2.74. The molecule has 0 bridgehead atoms. The molecule has 0 saturated heterocycles. The van der Waals surface area contributed by atoms with Crippen LogP contribution in [0.4, 0.5) is 5.69 Å². The van der Waals surface area contributed by atoms with E-state index in [1.54, 1.807) is 42.5 Å². The molecule has 3 rings (SSSR count). The molecule has 3 aromatic carbocycles. The number of aryl methyl sites for hydroxylation is 1. The molecule has 30 heavy (non-hydrogen) atoms. The normalized spacial score (nSPS) is 11.1. The van der Waals surface area contributed by atoms with E-state index in [0.717, 1.165) is 21.2 Å². The lowest BCUT2D eigenvalue weighted by atomic mass is 10.1. The molecular weight excluding hydrogens is 442 g/mol. The number of nitrogens with two attached hydrogens (primary N) is 1. The van der Waals surface area contributed by atoms with Crippen molar-refractivity contribution in [2.75, 3.05) is 5.73 Å². The molecule has 0 aliphatic rings. The van der Waals surface area contributed by atoms with Gasteiger partial charge in [-0.1, -0.05) is 52.3 Å². The molecule has 2 amide bonds. The number of halogens is 1. The number of rotatable bonds is 6. The van der Waals surface area contributed by atoms with Crippen molar-refractivity contribution in [3.63, 3.8) is 0 Å². The van der Waals surface area contributed by atoms with Gasteiger partial charge in [0.2, 0.25) is 0 Å². The average molecular weight is 464 g/mol. The van der Waals surface area contributed by atoms with Gasteiger partial charge >= 0.3 is 0 Å². The van der Waals surface area contributed by atoms with Crippen molar-refractivity contribution < 1.29 is 9.59 Å². The van der Waals surface area contributed by atoms with Crippen LogP contribution in [-0.4, -0.2) is 11.8 Å². The standard InChI is InChI=1S/C24H22BrN3O2/c1-16-12-20(25)11-10-19(16)14-22(28-23(29)18-7-3-2-4-8-18)24(30)27-15-17-6-5-9-21(26)13-17/h2-14H,15,26H2,1H3,(H,27,30)(H,28,29). The smallest absolute Gasteiger partial charge is 0.268 e. The summed E-state index contributed by atoms with van der Waals surface area (Å²) in [6, 6.07) is 21.8. The molecule has 6 heteroatoms. The van der Waals surface area contributed by atoms with Crippen molar-refractivity contribution in [1.82, 2.24) is 10.6 Å². The third-order valence-electron chi connectivity index (χ3n) is 4.46. The van der Waals surface area contributed by atoms with E-state index in [9.17, 15) is 9.59 Å². The molecule has 0 unspecified atom stereocenters. The Morgan fingerprint density at radius 1 is 1.00 bits per heavy atom. The summed E-state index contributed by atoms with van der Waals surface area (Å²) in [4.78, 5) is 25.6. The van der Waals surface area contributed by atoms with Crippen LogP contribution in [0.15, 0.2) is 83.0 Å². The zero-order chi connectivity index (χ0) is 21.5. The summed E-state index contributed by atoms with van der Waals surface area (Å²) < 4.78 is 0.943.